The predicted molar refractivity (Wildman–Crippen MR) is 79.9 cm³/mol. The maximum absolute atomic E-state index is 11.8. The number of sulfone groups is 1. The summed E-state index contributed by atoms with van der Waals surface area (Å²) in [5.41, 5.74) is 0.666. The lowest BCUT2D eigenvalue weighted by Gasteiger charge is -2.27. The van der Waals surface area contributed by atoms with Gasteiger partial charge in [-0.05, 0) is 25.5 Å². The normalized spacial score (nSPS) is 21.4. The first kappa shape index (κ1) is 15.3. The van der Waals surface area contributed by atoms with Crippen molar-refractivity contribution < 1.29 is 13.2 Å². The van der Waals surface area contributed by atoms with Gasteiger partial charge in [-0.2, -0.15) is 0 Å². The van der Waals surface area contributed by atoms with Crippen molar-refractivity contribution in [1.29, 1.82) is 0 Å². The fourth-order valence-electron chi connectivity index (χ4n) is 2.43. The first-order valence-corrected chi connectivity index (χ1v) is 8.72. The molecule has 0 aromatic heterocycles. The summed E-state index contributed by atoms with van der Waals surface area (Å²) in [7, 11) is -3.21. The van der Waals surface area contributed by atoms with Crippen molar-refractivity contribution >= 4 is 15.5 Å². The van der Waals surface area contributed by atoms with Crippen molar-refractivity contribution in [1.82, 2.24) is 5.32 Å². The zero-order valence-electron chi connectivity index (χ0n) is 11.9. The van der Waals surface area contributed by atoms with Crippen LogP contribution >= 0.6 is 0 Å². The van der Waals surface area contributed by atoms with Crippen molar-refractivity contribution in [2.24, 2.45) is 0 Å². The number of benzene rings is 1. The summed E-state index contributed by atoms with van der Waals surface area (Å²) in [6.07, 6.45) is 2.12. The minimum atomic E-state index is -3.21. The molecule has 2 unspecified atom stereocenters. The fourth-order valence-corrected chi connectivity index (χ4v) is 3.28. The third-order valence-corrected chi connectivity index (χ3v) is 4.48. The third kappa shape index (κ3) is 4.19. The standard InChI is InChI=1S/C14H22N2O3S/c1-11(9-12-10-19-8-7-15-12)16-13-5-3-4-6-14(13)20(2,17)18/h3-6,11-12,15-16H,7-10H2,1-2H3. The van der Waals surface area contributed by atoms with Gasteiger partial charge in [-0.3, -0.25) is 0 Å². The zero-order valence-corrected chi connectivity index (χ0v) is 12.7. The Kier molecular flexibility index (Phi) is 5.01. The molecule has 1 aromatic rings. The fraction of sp³-hybridized carbons (Fsp3) is 0.571. The highest BCUT2D eigenvalue weighted by molar-refractivity contribution is 7.90. The lowest BCUT2D eigenvalue weighted by atomic mass is 10.1. The molecule has 2 N–H and O–H groups in total. The minimum Gasteiger partial charge on any atom is -0.381 e. The summed E-state index contributed by atoms with van der Waals surface area (Å²) in [5.74, 6) is 0. The molecule has 1 aliphatic heterocycles. The molecule has 112 valence electrons. The summed E-state index contributed by atoms with van der Waals surface area (Å²) in [4.78, 5) is 0.347. The molecule has 6 heteroatoms. The van der Waals surface area contributed by atoms with Crippen molar-refractivity contribution in [3.8, 4) is 0 Å². The first-order valence-electron chi connectivity index (χ1n) is 6.83. The van der Waals surface area contributed by atoms with E-state index in [2.05, 4.69) is 17.6 Å². The Morgan fingerprint density at radius 1 is 1.45 bits per heavy atom. The Bertz CT molecular complexity index is 539. The van der Waals surface area contributed by atoms with Crippen LogP contribution in [-0.2, 0) is 14.6 Å². The summed E-state index contributed by atoms with van der Waals surface area (Å²) < 4.78 is 28.9. The Morgan fingerprint density at radius 3 is 2.85 bits per heavy atom. The molecule has 0 spiro atoms. The van der Waals surface area contributed by atoms with Crippen LogP contribution in [-0.4, -0.2) is 46.5 Å². The molecule has 1 aliphatic rings. The molecule has 0 saturated carbocycles. The summed E-state index contributed by atoms with van der Waals surface area (Å²) in [5, 5.41) is 6.69. The van der Waals surface area contributed by atoms with Crippen LogP contribution in [0.5, 0.6) is 0 Å². The second-order valence-electron chi connectivity index (χ2n) is 5.28. The molecule has 1 aromatic carbocycles. The number of nitrogens with one attached hydrogen (secondary N) is 2. The Morgan fingerprint density at radius 2 is 2.20 bits per heavy atom. The van der Waals surface area contributed by atoms with E-state index in [-0.39, 0.29) is 6.04 Å². The van der Waals surface area contributed by atoms with Crippen LogP contribution in [0.4, 0.5) is 5.69 Å². The summed E-state index contributed by atoms with van der Waals surface area (Å²) >= 11 is 0. The maximum Gasteiger partial charge on any atom is 0.177 e. The van der Waals surface area contributed by atoms with Crippen molar-refractivity contribution in [3.05, 3.63) is 24.3 Å². The maximum atomic E-state index is 11.8. The molecule has 0 aliphatic carbocycles. The quantitative estimate of drug-likeness (QED) is 0.857. The van der Waals surface area contributed by atoms with Crippen LogP contribution in [0.1, 0.15) is 13.3 Å². The van der Waals surface area contributed by atoms with Crippen LogP contribution < -0.4 is 10.6 Å². The monoisotopic (exact) mass is 298 g/mol. The molecule has 1 fully saturated rings. The highest BCUT2D eigenvalue weighted by Gasteiger charge is 2.18. The van der Waals surface area contributed by atoms with Crippen LogP contribution in [0.2, 0.25) is 0 Å². The van der Waals surface area contributed by atoms with Gasteiger partial charge in [0.2, 0.25) is 0 Å². The van der Waals surface area contributed by atoms with E-state index in [1.165, 1.54) is 6.26 Å². The lowest BCUT2D eigenvalue weighted by molar-refractivity contribution is 0.0731. The molecule has 2 atom stereocenters. The number of hydrogen-bond acceptors (Lipinski definition) is 5. The highest BCUT2D eigenvalue weighted by Crippen LogP contribution is 2.22. The van der Waals surface area contributed by atoms with Gasteiger partial charge in [-0.15, -0.1) is 0 Å². The van der Waals surface area contributed by atoms with Gasteiger partial charge in [0.25, 0.3) is 0 Å². The first-order chi connectivity index (χ1) is 9.47. The number of para-hydroxylation sites is 1. The molecule has 0 bridgehead atoms. The second kappa shape index (κ2) is 6.56. The van der Waals surface area contributed by atoms with Crippen molar-refractivity contribution in [2.45, 2.75) is 30.3 Å². The Balaban J connectivity index is 2.02. The average Bonchev–Trinajstić information content (AvgIpc) is 2.39. The van der Waals surface area contributed by atoms with Gasteiger partial charge in [0.15, 0.2) is 9.84 Å². The topological polar surface area (TPSA) is 67.4 Å². The van der Waals surface area contributed by atoms with E-state index in [1.807, 2.05) is 6.07 Å². The van der Waals surface area contributed by atoms with Gasteiger partial charge >= 0.3 is 0 Å². The number of morpholine rings is 1. The van der Waals surface area contributed by atoms with Gasteiger partial charge in [-0.1, -0.05) is 12.1 Å². The van der Waals surface area contributed by atoms with E-state index < -0.39 is 9.84 Å². The number of hydrogen-bond donors (Lipinski definition) is 2. The van der Waals surface area contributed by atoms with Gasteiger partial charge in [0, 0.05) is 24.9 Å². The SMILES string of the molecule is CC(CC1COCCN1)Nc1ccccc1S(C)(=O)=O. The largest absolute Gasteiger partial charge is 0.381 e. The summed E-state index contributed by atoms with van der Waals surface area (Å²) in [6, 6.07) is 7.49. The van der Waals surface area contributed by atoms with Gasteiger partial charge in [0.05, 0.1) is 23.8 Å². The highest BCUT2D eigenvalue weighted by atomic mass is 32.2. The average molecular weight is 298 g/mol. The molecule has 2 rings (SSSR count). The van der Waals surface area contributed by atoms with Crippen LogP contribution in [0.3, 0.4) is 0 Å². The van der Waals surface area contributed by atoms with E-state index in [4.69, 9.17) is 4.74 Å². The lowest BCUT2D eigenvalue weighted by Crippen LogP contribution is -2.43. The van der Waals surface area contributed by atoms with Crippen LogP contribution in [0, 0.1) is 0 Å². The van der Waals surface area contributed by atoms with E-state index in [1.54, 1.807) is 18.2 Å². The molecular formula is C14H22N2O3S. The molecule has 0 amide bonds. The van der Waals surface area contributed by atoms with Gasteiger partial charge < -0.3 is 15.4 Å². The second-order valence-corrected chi connectivity index (χ2v) is 7.26. The molecule has 0 radical (unpaired) electrons. The molecule has 1 heterocycles. The summed E-state index contributed by atoms with van der Waals surface area (Å²) in [6.45, 7) is 4.39. The molecular weight excluding hydrogens is 276 g/mol. The number of ether oxygens (including phenoxy) is 1. The predicted octanol–water partition coefficient (Wildman–Crippen LogP) is 1.27. The Hall–Kier alpha value is -1.11. The van der Waals surface area contributed by atoms with Crippen LogP contribution in [0.25, 0.3) is 0 Å². The number of rotatable bonds is 5. The van der Waals surface area contributed by atoms with E-state index in [0.717, 1.165) is 19.6 Å². The van der Waals surface area contributed by atoms with Gasteiger partial charge in [0.1, 0.15) is 0 Å². The number of anilines is 1. The van der Waals surface area contributed by atoms with Crippen molar-refractivity contribution in [2.75, 3.05) is 31.3 Å². The molecule has 20 heavy (non-hydrogen) atoms. The van der Waals surface area contributed by atoms with E-state index >= 15 is 0 Å². The van der Waals surface area contributed by atoms with E-state index in [0.29, 0.717) is 23.2 Å². The Labute approximate surface area is 120 Å². The third-order valence-electron chi connectivity index (χ3n) is 3.32. The molecule has 5 nitrogen and oxygen atoms in total. The minimum absolute atomic E-state index is 0.164. The van der Waals surface area contributed by atoms with Crippen LogP contribution in [0.15, 0.2) is 29.2 Å². The van der Waals surface area contributed by atoms with Gasteiger partial charge in [-0.25, -0.2) is 8.42 Å². The molecule has 1 saturated heterocycles. The van der Waals surface area contributed by atoms with E-state index in [9.17, 15) is 8.42 Å². The smallest absolute Gasteiger partial charge is 0.177 e. The zero-order chi connectivity index (χ0) is 14.6. The van der Waals surface area contributed by atoms with Crippen molar-refractivity contribution in [3.63, 3.8) is 0 Å².